The van der Waals surface area contributed by atoms with Crippen molar-refractivity contribution in [2.45, 2.75) is 58.0 Å². The molecule has 1 saturated carbocycles. The van der Waals surface area contributed by atoms with E-state index in [9.17, 15) is 13.2 Å². The number of aryl methyl sites for hydroxylation is 1. The van der Waals surface area contributed by atoms with E-state index in [0.29, 0.717) is 46.1 Å². The number of nitrogens with one attached hydrogen (secondary N) is 1. The van der Waals surface area contributed by atoms with Crippen molar-refractivity contribution in [1.29, 1.82) is 0 Å². The molecular formula is C26H32N4O4S. The fourth-order valence-corrected chi connectivity index (χ4v) is 7.11. The summed E-state index contributed by atoms with van der Waals surface area (Å²) in [6.07, 6.45) is 4.89. The molecule has 2 fully saturated rings. The second-order valence-corrected chi connectivity index (χ2v) is 12.1. The Morgan fingerprint density at radius 1 is 1.17 bits per heavy atom. The van der Waals surface area contributed by atoms with E-state index in [2.05, 4.69) is 12.2 Å². The van der Waals surface area contributed by atoms with E-state index in [1.54, 1.807) is 11.8 Å². The molecule has 1 saturated heterocycles. The second-order valence-electron chi connectivity index (χ2n) is 9.91. The first-order valence-electron chi connectivity index (χ1n) is 12.3. The third-order valence-electron chi connectivity index (χ3n) is 7.43. The van der Waals surface area contributed by atoms with Crippen molar-refractivity contribution in [1.82, 2.24) is 20.1 Å². The highest BCUT2D eigenvalue weighted by molar-refractivity contribution is 7.91. The average Bonchev–Trinajstić information content (AvgIpc) is 3.38. The van der Waals surface area contributed by atoms with Crippen LogP contribution in [0.25, 0.3) is 22.3 Å². The van der Waals surface area contributed by atoms with Crippen LogP contribution in [0, 0.1) is 12.8 Å². The van der Waals surface area contributed by atoms with Gasteiger partial charge in [-0.05, 0) is 50.3 Å². The molecule has 1 N–H and O–H groups in total. The molecule has 1 aliphatic carbocycles. The lowest BCUT2D eigenvalue weighted by Crippen LogP contribution is -2.41. The number of ether oxygens (including phenoxy) is 1. The zero-order valence-corrected chi connectivity index (χ0v) is 21.3. The van der Waals surface area contributed by atoms with E-state index in [1.165, 1.54) is 6.42 Å². The predicted molar refractivity (Wildman–Crippen MR) is 135 cm³/mol. The molecule has 1 amide bonds. The topological polar surface area (TPSA) is 103 Å². The summed E-state index contributed by atoms with van der Waals surface area (Å²) in [5.41, 5.74) is 3.19. The van der Waals surface area contributed by atoms with Crippen molar-refractivity contribution in [3.8, 4) is 17.0 Å². The van der Waals surface area contributed by atoms with Gasteiger partial charge in [0.25, 0.3) is 5.91 Å². The molecule has 3 aromatic rings. The van der Waals surface area contributed by atoms with E-state index < -0.39 is 9.84 Å². The number of benzene rings is 1. The molecule has 3 unspecified atom stereocenters. The van der Waals surface area contributed by atoms with Crippen LogP contribution >= 0.6 is 0 Å². The number of nitrogens with zero attached hydrogens (tertiary/aromatic N) is 3. The molecule has 0 spiro atoms. The van der Waals surface area contributed by atoms with Crippen molar-refractivity contribution in [3.63, 3.8) is 0 Å². The molecule has 1 aliphatic heterocycles. The van der Waals surface area contributed by atoms with Crippen molar-refractivity contribution >= 4 is 26.8 Å². The minimum absolute atomic E-state index is 0.0371. The quantitative estimate of drug-likeness (QED) is 0.571. The number of fused-ring (bicyclic) bond motifs is 1. The largest absolute Gasteiger partial charge is 0.497 e. The van der Waals surface area contributed by atoms with Gasteiger partial charge in [0.05, 0.1) is 47.0 Å². The van der Waals surface area contributed by atoms with E-state index >= 15 is 0 Å². The van der Waals surface area contributed by atoms with Crippen molar-refractivity contribution in [2.24, 2.45) is 5.92 Å². The number of carbonyl (C=O) groups excluding carboxylic acids is 1. The number of hydrogen-bond acceptors (Lipinski definition) is 6. The molecule has 8 nitrogen and oxygen atoms in total. The summed E-state index contributed by atoms with van der Waals surface area (Å²) < 4.78 is 31.5. The molecule has 2 aliphatic rings. The maximum atomic E-state index is 13.7. The summed E-state index contributed by atoms with van der Waals surface area (Å²) in [7, 11) is -1.50. The molecule has 186 valence electrons. The molecule has 3 atom stereocenters. The number of methoxy groups -OCH3 is 1. The van der Waals surface area contributed by atoms with Gasteiger partial charge in [-0.1, -0.05) is 31.9 Å². The first-order chi connectivity index (χ1) is 16.8. The summed E-state index contributed by atoms with van der Waals surface area (Å²) in [6.45, 7) is 4.05. The summed E-state index contributed by atoms with van der Waals surface area (Å²) in [6, 6.07) is 9.22. The van der Waals surface area contributed by atoms with Crippen molar-refractivity contribution < 1.29 is 17.9 Å². The molecule has 9 heteroatoms. The molecular weight excluding hydrogens is 464 g/mol. The van der Waals surface area contributed by atoms with Gasteiger partial charge in [-0.2, -0.15) is 5.10 Å². The smallest absolute Gasteiger partial charge is 0.252 e. The molecule has 0 bridgehead atoms. The Balaban J connectivity index is 1.64. The highest BCUT2D eigenvalue weighted by Crippen LogP contribution is 2.33. The van der Waals surface area contributed by atoms with E-state index in [1.807, 2.05) is 37.3 Å². The highest BCUT2D eigenvalue weighted by Gasteiger charge is 2.33. The molecule has 2 aromatic heterocycles. The van der Waals surface area contributed by atoms with Gasteiger partial charge in [0, 0.05) is 11.6 Å². The number of rotatable bonds is 5. The van der Waals surface area contributed by atoms with Crippen LogP contribution in [0.1, 0.15) is 61.1 Å². The number of hydrogen-bond donors (Lipinski definition) is 1. The summed E-state index contributed by atoms with van der Waals surface area (Å²) in [5, 5.41) is 8.65. The Morgan fingerprint density at radius 3 is 2.69 bits per heavy atom. The number of aromatic nitrogens is 3. The van der Waals surface area contributed by atoms with Gasteiger partial charge in [0.1, 0.15) is 5.75 Å². The van der Waals surface area contributed by atoms with Crippen molar-refractivity contribution in [2.75, 3.05) is 18.6 Å². The Hall–Kier alpha value is -2.94. The summed E-state index contributed by atoms with van der Waals surface area (Å²) in [4.78, 5) is 18.6. The number of sulfone groups is 1. The molecule has 3 heterocycles. The van der Waals surface area contributed by atoms with Crippen molar-refractivity contribution in [3.05, 3.63) is 41.6 Å². The summed E-state index contributed by atoms with van der Waals surface area (Å²) in [5.74, 6) is 1.16. The maximum absolute atomic E-state index is 13.7. The van der Waals surface area contributed by atoms with E-state index in [-0.39, 0.29) is 29.5 Å². The van der Waals surface area contributed by atoms with Crippen LogP contribution in [-0.4, -0.2) is 53.7 Å². The monoisotopic (exact) mass is 496 g/mol. The lowest BCUT2D eigenvalue weighted by molar-refractivity contribution is 0.0912. The lowest BCUT2D eigenvalue weighted by atomic mass is 9.86. The van der Waals surface area contributed by atoms with Crippen LogP contribution in [-0.2, 0) is 9.84 Å². The summed E-state index contributed by atoms with van der Waals surface area (Å²) >= 11 is 0. The normalized spacial score (nSPS) is 23.9. The lowest BCUT2D eigenvalue weighted by Gasteiger charge is -2.29. The van der Waals surface area contributed by atoms with Gasteiger partial charge in [-0.3, -0.25) is 4.79 Å². The van der Waals surface area contributed by atoms with Gasteiger partial charge >= 0.3 is 0 Å². The van der Waals surface area contributed by atoms with E-state index in [0.717, 1.165) is 24.8 Å². The third kappa shape index (κ3) is 4.66. The molecule has 0 radical (unpaired) electrons. The zero-order valence-electron chi connectivity index (χ0n) is 20.5. The second kappa shape index (κ2) is 9.26. The predicted octanol–water partition coefficient (Wildman–Crippen LogP) is 4.08. The first kappa shape index (κ1) is 23.8. The Morgan fingerprint density at radius 2 is 1.97 bits per heavy atom. The Kier molecular flexibility index (Phi) is 6.29. The highest BCUT2D eigenvalue weighted by atomic mass is 32.2. The van der Waals surface area contributed by atoms with Crippen LogP contribution in [0.15, 0.2) is 30.3 Å². The molecule has 5 rings (SSSR count). The van der Waals surface area contributed by atoms with Crippen LogP contribution in [0.4, 0.5) is 0 Å². The van der Waals surface area contributed by atoms with Crippen LogP contribution in [0.3, 0.4) is 0 Å². The number of amides is 1. The van der Waals surface area contributed by atoms with Gasteiger partial charge in [0.2, 0.25) is 0 Å². The minimum Gasteiger partial charge on any atom is -0.497 e. The molecule has 1 aromatic carbocycles. The van der Waals surface area contributed by atoms with Gasteiger partial charge in [0.15, 0.2) is 15.5 Å². The standard InChI is InChI=1S/C26H32N4O4S/c1-16-7-4-5-10-22(16)28-26(31)21-14-23(18-8-6-9-20(13-18)34-3)27-25-24(21)17(2)29-30(25)19-11-12-35(32,33)15-19/h6,8-9,13-14,16,19,22H,4-5,7,10-12,15H2,1-3H3,(H,28,31). The van der Waals surface area contributed by atoms with Crippen LogP contribution in [0.2, 0.25) is 0 Å². The van der Waals surface area contributed by atoms with Crippen LogP contribution < -0.4 is 10.1 Å². The SMILES string of the molecule is COc1cccc(-c2cc(C(=O)NC3CCCCC3C)c3c(C)nn(C4CCS(=O)(=O)C4)c3n2)c1. The van der Waals surface area contributed by atoms with Gasteiger partial charge < -0.3 is 10.1 Å². The minimum atomic E-state index is -3.11. The Bertz CT molecular complexity index is 1380. The Labute approximate surface area is 206 Å². The maximum Gasteiger partial charge on any atom is 0.252 e. The fourth-order valence-electron chi connectivity index (χ4n) is 5.42. The first-order valence-corrected chi connectivity index (χ1v) is 14.1. The van der Waals surface area contributed by atoms with Gasteiger partial charge in [-0.25, -0.2) is 18.1 Å². The average molecular weight is 497 g/mol. The number of pyridine rings is 1. The van der Waals surface area contributed by atoms with E-state index in [4.69, 9.17) is 14.8 Å². The van der Waals surface area contributed by atoms with Gasteiger partial charge in [-0.15, -0.1) is 0 Å². The number of carbonyl (C=O) groups is 1. The third-order valence-corrected chi connectivity index (χ3v) is 9.18. The zero-order chi connectivity index (χ0) is 24.7. The fraction of sp³-hybridized carbons (Fsp3) is 0.500. The molecule has 35 heavy (non-hydrogen) atoms. The van der Waals surface area contributed by atoms with Crippen LogP contribution in [0.5, 0.6) is 5.75 Å².